The summed E-state index contributed by atoms with van der Waals surface area (Å²) in [7, 11) is 0. The fraction of sp³-hybridized carbons (Fsp3) is 0.222. The molecule has 0 spiro atoms. The van der Waals surface area contributed by atoms with Crippen molar-refractivity contribution in [2.24, 2.45) is 0 Å². The van der Waals surface area contributed by atoms with Crippen LogP contribution in [-0.4, -0.2) is 29.0 Å². The van der Waals surface area contributed by atoms with E-state index in [-0.39, 0.29) is 24.6 Å². The Balaban J connectivity index is 1.93. The molecule has 0 bridgehead atoms. The lowest BCUT2D eigenvalue weighted by molar-refractivity contribution is -0.0498. The predicted octanol–water partition coefficient (Wildman–Crippen LogP) is 4.00. The van der Waals surface area contributed by atoms with Crippen LogP contribution in [0.3, 0.4) is 0 Å². The molecule has 1 heterocycles. The lowest BCUT2D eigenvalue weighted by Gasteiger charge is -2.07. The number of halogens is 3. The van der Waals surface area contributed by atoms with Crippen molar-refractivity contribution < 1.29 is 27.4 Å². The molecule has 1 aromatic heterocycles. The first-order valence-electron chi connectivity index (χ1n) is 7.85. The van der Waals surface area contributed by atoms with E-state index in [1.54, 1.807) is 19.1 Å². The summed E-state index contributed by atoms with van der Waals surface area (Å²) < 4.78 is 48.8. The molecular formula is C18H15F3N2O3. The summed E-state index contributed by atoms with van der Waals surface area (Å²) in [4.78, 5) is 12.1. The van der Waals surface area contributed by atoms with Gasteiger partial charge in [-0.25, -0.2) is 9.18 Å². The summed E-state index contributed by atoms with van der Waals surface area (Å²) in [5.74, 6) is -1.08. The Labute approximate surface area is 146 Å². The number of carbonyl (C=O) groups is 1. The summed E-state index contributed by atoms with van der Waals surface area (Å²) in [5.41, 5.74) is 1.33. The zero-order valence-corrected chi connectivity index (χ0v) is 13.8. The number of benzene rings is 2. The van der Waals surface area contributed by atoms with E-state index >= 15 is 0 Å². The third kappa shape index (κ3) is 3.79. The van der Waals surface area contributed by atoms with Gasteiger partial charge in [-0.15, -0.1) is 0 Å². The van der Waals surface area contributed by atoms with E-state index in [9.17, 15) is 18.0 Å². The van der Waals surface area contributed by atoms with Gasteiger partial charge in [0.1, 0.15) is 11.6 Å². The zero-order valence-electron chi connectivity index (χ0n) is 13.8. The fourth-order valence-corrected chi connectivity index (χ4v) is 2.57. The highest BCUT2D eigenvalue weighted by atomic mass is 19.3. The number of hydrogen-bond acceptors (Lipinski definition) is 4. The molecule has 8 heteroatoms. The molecule has 0 N–H and O–H groups in total. The van der Waals surface area contributed by atoms with Gasteiger partial charge in [0.15, 0.2) is 5.69 Å². The van der Waals surface area contributed by atoms with Crippen LogP contribution >= 0.6 is 0 Å². The van der Waals surface area contributed by atoms with Gasteiger partial charge in [-0.05, 0) is 42.8 Å². The quantitative estimate of drug-likeness (QED) is 0.621. The number of esters is 1. The first-order chi connectivity index (χ1) is 12.5. The number of alkyl halides is 2. The molecule has 0 saturated carbocycles. The molecule has 0 amide bonds. The molecule has 2 aromatic carbocycles. The van der Waals surface area contributed by atoms with E-state index in [4.69, 9.17) is 4.74 Å². The maximum Gasteiger partial charge on any atom is 0.387 e. The third-order valence-electron chi connectivity index (χ3n) is 3.66. The third-order valence-corrected chi connectivity index (χ3v) is 3.66. The van der Waals surface area contributed by atoms with E-state index < -0.39 is 18.4 Å². The first kappa shape index (κ1) is 17.8. The van der Waals surface area contributed by atoms with Crippen LogP contribution in [0.4, 0.5) is 13.2 Å². The molecule has 0 aliphatic rings. The van der Waals surface area contributed by atoms with Crippen LogP contribution in [0.1, 0.15) is 23.0 Å². The van der Waals surface area contributed by atoms with Crippen LogP contribution in [0.5, 0.6) is 5.75 Å². The average molecular weight is 364 g/mol. The van der Waals surface area contributed by atoms with Crippen molar-refractivity contribution in [3.63, 3.8) is 0 Å². The number of ether oxygens (including phenoxy) is 2. The second-order valence-corrected chi connectivity index (χ2v) is 5.41. The highest BCUT2D eigenvalue weighted by Gasteiger charge is 2.19. The van der Waals surface area contributed by atoms with Crippen molar-refractivity contribution in [1.82, 2.24) is 9.78 Å². The van der Waals surface area contributed by atoms with Gasteiger partial charge in [0.05, 0.1) is 18.7 Å². The van der Waals surface area contributed by atoms with Crippen molar-refractivity contribution in [2.45, 2.75) is 20.1 Å². The molecule has 0 radical (unpaired) electrons. The van der Waals surface area contributed by atoms with Crippen LogP contribution in [0.15, 0.2) is 42.5 Å². The predicted molar refractivity (Wildman–Crippen MR) is 87.8 cm³/mol. The largest absolute Gasteiger partial charge is 0.461 e. The van der Waals surface area contributed by atoms with Crippen LogP contribution in [0.25, 0.3) is 10.9 Å². The SMILES string of the molecule is CCOC(=O)c1nn(Cc2ccc(OC(F)F)cc2)c2ccc(F)cc12. The smallest absolute Gasteiger partial charge is 0.387 e. The van der Waals surface area contributed by atoms with Gasteiger partial charge in [-0.1, -0.05) is 12.1 Å². The molecule has 0 unspecified atom stereocenters. The maximum absolute atomic E-state index is 13.6. The van der Waals surface area contributed by atoms with Crippen molar-refractivity contribution in [1.29, 1.82) is 0 Å². The van der Waals surface area contributed by atoms with Crippen LogP contribution in [0, 0.1) is 5.82 Å². The molecule has 0 fully saturated rings. The number of fused-ring (bicyclic) bond motifs is 1. The van der Waals surface area contributed by atoms with E-state index in [1.807, 2.05) is 0 Å². The fourth-order valence-electron chi connectivity index (χ4n) is 2.57. The second kappa shape index (κ2) is 7.47. The number of hydrogen-bond donors (Lipinski definition) is 0. The minimum absolute atomic E-state index is 0.0269. The van der Waals surface area contributed by atoms with Gasteiger partial charge in [-0.3, -0.25) is 4.68 Å². The van der Waals surface area contributed by atoms with Crippen LogP contribution in [0.2, 0.25) is 0 Å². The Kier molecular flexibility index (Phi) is 5.11. The minimum atomic E-state index is -2.89. The van der Waals surface area contributed by atoms with E-state index in [2.05, 4.69) is 9.84 Å². The van der Waals surface area contributed by atoms with Crippen molar-refractivity contribution >= 4 is 16.9 Å². The molecule has 0 aliphatic heterocycles. The highest BCUT2D eigenvalue weighted by Crippen LogP contribution is 2.23. The summed E-state index contributed by atoms with van der Waals surface area (Å²) in [6.07, 6.45) is 0. The molecule has 3 rings (SSSR count). The average Bonchev–Trinajstić information content (AvgIpc) is 2.94. The summed E-state index contributed by atoms with van der Waals surface area (Å²) in [6, 6.07) is 10.1. The van der Waals surface area contributed by atoms with Gasteiger partial charge in [0.2, 0.25) is 0 Å². The summed E-state index contributed by atoms with van der Waals surface area (Å²) >= 11 is 0. The molecule has 3 aromatic rings. The molecule has 5 nitrogen and oxygen atoms in total. The van der Waals surface area contributed by atoms with Crippen molar-refractivity contribution in [3.05, 3.63) is 59.5 Å². The van der Waals surface area contributed by atoms with Gasteiger partial charge in [0, 0.05) is 5.39 Å². The Morgan fingerprint density at radius 2 is 1.92 bits per heavy atom. The van der Waals surface area contributed by atoms with E-state index in [0.717, 1.165) is 5.56 Å². The number of carbonyl (C=O) groups excluding carboxylic acids is 1. The Morgan fingerprint density at radius 3 is 2.58 bits per heavy atom. The standard InChI is InChI=1S/C18H15F3N2O3/c1-2-25-17(24)16-14-9-12(19)5-8-15(14)23(22-16)10-11-3-6-13(7-4-11)26-18(20)21/h3-9,18H,2,10H2,1H3. The highest BCUT2D eigenvalue weighted by molar-refractivity contribution is 6.02. The Morgan fingerprint density at radius 1 is 1.19 bits per heavy atom. The Bertz CT molecular complexity index is 923. The van der Waals surface area contributed by atoms with Crippen molar-refractivity contribution in [2.75, 3.05) is 6.61 Å². The molecule has 0 atom stereocenters. The Hall–Kier alpha value is -3.03. The van der Waals surface area contributed by atoms with Crippen molar-refractivity contribution in [3.8, 4) is 5.75 Å². The normalized spacial score (nSPS) is 11.1. The maximum atomic E-state index is 13.6. The molecular weight excluding hydrogens is 349 g/mol. The molecule has 0 aliphatic carbocycles. The molecule has 136 valence electrons. The molecule has 26 heavy (non-hydrogen) atoms. The monoisotopic (exact) mass is 364 g/mol. The lowest BCUT2D eigenvalue weighted by Crippen LogP contribution is -2.08. The van der Waals surface area contributed by atoms with Gasteiger partial charge in [-0.2, -0.15) is 13.9 Å². The number of aromatic nitrogens is 2. The summed E-state index contributed by atoms with van der Waals surface area (Å²) in [5, 5.41) is 4.59. The van der Waals surface area contributed by atoms with E-state index in [0.29, 0.717) is 10.9 Å². The first-order valence-corrected chi connectivity index (χ1v) is 7.85. The second-order valence-electron chi connectivity index (χ2n) is 5.41. The number of nitrogens with zero attached hydrogens (tertiary/aromatic N) is 2. The molecule has 0 saturated heterocycles. The van der Waals surface area contributed by atoms with Gasteiger partial charge in [0.25, 0.3) is 0 Å². The van der Waals surface area contributed by atoms with Gasteiger partial charge < -0.3 is 9.47 Å². The van der Waals surface area contributed by atoms with E-state index in [1.165, 1.54) is 35.0 Å². The lowest BCUT2D eigenvalue weighted by atomic mass is 10.2. The van der Waals surface area contributed by atoms with Gasteiger partial charge >= 0.3 is 12.6 Å². The van der Waals surface area contributed by atoms with Crippen LogP contribution in [-0.2, 0) is 11.3 Å². The summed E-state index contributed by atoms with van der Waals surface area (Å²) in [6.45, 7) is -0.788. The minimum Gasteiger partial charge on any atom is -0.461 e. The number of rotatable bonds is 6. The van der Waals surface area contributed by atoms with Crippen LogP contribution < -0.4 is 4.74 Å². The topological polar surface area (TPSA) is 53.3 Å². The zero-order chi connectivity index (χ0) is 18.7.